The van der Waals surface area contributed by atoms with Crippen molar-refractivity contribution < 1.29 is 9.32 Å². The fraction of sp³-hybridized carbons (Fsp3) is 0.421. The van der Waals surface area contributed by atoms with E-state index in [-0.39, 0.29) is 11.9 Å². The van der Waals surface area contributed by atoms with Gasteiger partial charge in [-0.2, -0.15) is 5.10 Å². The van der Waals surface area contributed by atoms with Crippen molar-refractivity contribution in [1.29, 1.82) is 0 Å². The van der Waals surface area contributed by atoms with Gasteiger partial charge in [0.05, 0.1) is 11.2 Å². The van der Waals surface area contributed by atoms with E-state index >= 15 is 0 Å². The van der Waals surface area contributed by atoms with Gasteiger partial charge in [0.1, 0.15) is 5.76 Å². The minimum absolute atomic E-state index is 0.106. The van der Waals surface area contributed by atoms with E-state index < -0.39 is 0 Å². The molecule has 7 nitrogen and oxygen atoms in total. The van der Waals surface area contributed by atoms with Crippen LogP contribution in [0.25, 0.3) is 10.9 Å². The van der Waals surface area contributed by atoms with Crippen LogP contribution in [0.5, 0.6) is 0 Å². The van der Waals surface area contributed by atoms with Gasteiger partial charge in [-0.3, -0.25) is 14.4 Å². The van der Waals surface area contributed by atoms with Crippen molar-refractivity contribution in [3.63, 3.8) is 0 Å². The summed E-state index contributed by atoms with van der Waals surface area (Å²) < 4.78 is 6.99. The Hall–Kier alpha value is -2.67. The first-order valence-electron chi connectivity index (χ1n) is 8.89. The van der Waals surface area contributed by atoms with Gasteiger partial charge in [0.25, 0.3) is 5.91 Å². The molecule has 0 bridgehead atoms. The zero-order valence-corrected chi connectivity index (χ0v) is 15.3. The number of carbonyl (C=O) groups excluding carboxylic acids is 1. The standard InChI is InChI=1S/C19H23N5O2/c1-12-16(13(2)26-22-12)11-24-9-8-14(10-24)20-19(25)18-15-6-4-5-7-17(15)23(3)21-18/h4-7,14H,8-11H2,1-3H3,(H,20,25)/t14-/m1/s1. The maximum atomic E-state index is 12.7. The highest BCUT2D eigenvalue weighted by Crippen LogP contribution is 2.20. The fourth-order valence-electron chi connectivity index (χ4n) is 3.68. The average Bonchev–Trinajstić information content (AvgIpc) is 3.30. The molecule has 0 radical (unpaired) electrons. The molecule has 4 rings (SSSR count). The minimum Gasteiger partial charge on any atom is -0.361 e. The molecule has 7 heteroatoms. The zero-order valence-electron chi connectivity index (χ0n) is 15.3. The second kappa shape index (κ2) is 6.57. The van der Waals surface area contributed by atoms with Gasteiger partial charge in [-0.15, -0.1) is 0 Å². The molecule has 0 unspecified atom stereocenters. The lowest BCUT2D eigenvalue weighted by atomic mass is 10.2. The van der Waals surface area contributed by atoms with E-state index in [1.807, 2.05) is 45.2 Å². The molecule has 1 amide bonds. The van der Waals surface area contributed by atoms with Crippen LogP contribution in [0.1, 0.15) is 33.9 Å². The Morgan fingerprint density at radius 2 is 2.15 bits per heavy atom. The summed E-state index contributed by atoms with van der Waals surface area (Å²) in [5.74, 6) is 0.765. The van der Waals surface area contributed by atoms with Crippen molar-refractivity contribution in [2.24, 2.45) is 7.05 Å². The summed E-state index contributed by atoms with van der Waals surface area (Å²) >= 11 is 0. The molecule has 1 N–H and O–H groups in total. The zero-order chi connectivity index (χ0) is 18.3. The second-order valence-corrected chi connectivity index (χ2v) is 6.99. The Kier molecular flexibility index (Phi) is 4.24. The van der Waals surface area contributed by atoms with Gasteiger partial charge in [-0.1, -0.05) is 23.4 Å². The topological polar surface area (TPSA) is 76.2 Å². The van der Waals surface area contributed by atoms with Crippen molar-refractivity contribution >= 4 is 16.8 Å². The number of nitrogens with one attached hydrogen (secondary N) is 1. The monoisotopic (exact) mass is 353 g/mol. The predicted octanol–water partition coefficient (Wildman–Crippen LogP) is 2.18. The summed E-state index contributed by atoms with van der Waals surface area (Å²) in [5.41, 5.74) is 3.54. The third-order valence-electron chi connectivity index (χ3n) is 5.14. The molecule has 2 aromatic heterocycles. The molecular weight excluding hydrogens is 330 g/mol. The molecule has 1 atom stereocenters. The number of carbonyl (C=O) groups is 1. The lowest BCUT2D eigenvalue weighted by Crippen LogP contribution is -2.37. The van der Waals surface area contributed by atoms with E-state index in [4.69, 9.17) is 4.52 Å². The lowest BCUT2D eigenvalue weighted by Gasteiger charge is -2.16. The van der Waals surface area contributed by atoms with Crippen molar-refractivity contribution in [2.45, 2.75) is 32.9 Å². The highest BCUT2D eigenvalue weighted by Gasteiger charge is 2.27. The summed E-state index contributed by atoms with van der Waals surface area (Å²) in [4.78, 5) is 15.1. The average molecular weight is 353 g/mol. The molecule has 1 fully saturated rings. The Labute approximate surface area is 151 Å². The molecule has 1 aliphatic rings. The van der Waals surface area contributed by atoms with Crippen LogP contribution in [-0.2, 0) is 13.6 Å². The summed E-state index contributed by atoms with van der Waals surface area (Å²) in [6.45, 7) is 6.47. The number of amides is 1. The molecule has 1 aliphatic heterocycles. The number of hydrogen-bond donors (Lipinski definition) is 1. The second-order valence-electron chi connectivity index (χ2n) is 6.99. The molecule has 136 valence electrons. The normalized spacial score (nSPS) is 17.9. The van der Waals surface area contributed by atoms with Gasteiger partial charge in [0.2, 0.25) is 0 Å². The molecule has 1 aromatic carbocycles. The number of para-hydroxylation sites is 1. The predicted molar refractivity (Wildman–Crippen MR) is 97.8 cm³/mol. The van der Waals surface area contributed by atoms with Crippen LogP contribution in [0.2, 0.25) is 0 Å². The fourth-order valence-corrected chi connectivity index (χ4v) is 3.68. The third kappa shape index (κ3) is 2.99. The number of benzene rings is 1. The van der Waals surface area contributed by atoms with Crippen LogP contribution >= 0.6 is 0 Å². The molecule has 26 heavy (non-hydrogen) atoms. The van der Waals surface area contributed by atoms with Crippen LogP contribution in [0.4, 0.5) is 0 Å². The van der Waals surface area contributed by atoms with Gasteiger partial charge in [-0.25, -0.2) is 0 Å². The Morgan fingerprint density at radius 1 is 1.35 bits per heavy atom. The number of aromatic nitrogens is 3. The van der Waals surface area contributed by atoms with E-state index in [1.165, 1.54) is 0 Å². The molecule has 0 aliphatic carbocycles. The Bertz CT molecular complexity index is 939. The SMILES string of the molecule is Cc1noc(C)c1CN1CC[C@@H](NC(=O)c2nn(C)c3ccccc23)C1. The number of aryl methyl sites for hydroxylation is 3. The smallest absolute Gasteiger partial charge is 0.272 e. The largest absolute Gasteiger partial charge is 0.361 e. The van der Waals surface area contributed by atoms with Crippen LogP contribution in [0.3, 0.4) is 0 Å². The van der Waals surface area contributed by atoms with E-state index in [1.54, 1.807) is 4.68 Å². The molecular formula is C19H23N5O2. The maximum Gasteiger partial charge on any atom is 0.272 e. The summed E-state index contributed by atoms with van der Waals surface area (Å²) in [5, 5.41) is 12.5. The van der Waals surface area contributed by atoms with Crippen molar-refractivity contribution in [3.8, 4) is 0 Å². The van der Waals surface area contributed by atoms with Crippen molar-refractivity contribution in [2.75, 3.05) is 13.1 Å². The van der Waals surface area contributed by atoms with Gasteiger partial charge < -0.3 is 9.84 Å². The number of hydrogen-bond acceptors (Lipinski definition) is 5. The minimum atomic E-state index is -0.106. The van der Waals surface area contributed by atoms with E-state index in [9.17, 15) is 4.79 Å². The van der Waals surface area contributed by atoms with Gasteiger partial charge in [0.15, 0.2) is 5.69 Å². The van der Waals surface area contributed by atoms with E-state index in [0.29, 0.717) is 5.69 Å². The number of likely N-dealkylation sites (tertiary alicyclic amines) is 1. The van der Waals surface area contributed by atoms with E-state index in [2.05, 4.69) is 20.5 Å². The molecule has 1 saturated heterocycles. The van der Waals surface area contributed by atoms with Gasteiger partial charge in [0, 0.05) is 43.7 Å². The first-order chi connectivity index (χ1) is 12.5. The Balaban J connectivity index is 1.43. The molecule has 3 heterocycles. The van der Waals surface area contributed by atoms with Crippen LogP contribution in [-0.4, -0.2) is 44.9 Å². The van der Waals surface area contributed by atoms with Crippen molar-refractivity contribution in [1.82, 2.24) is 25.2 Å². The Morgan fingerprint density at radius 3 is 2.92 bits per heavy atom. The van der Waals surface area contributed by atoms with Crippen molar-refractivity contribution in [3.05, 3.63) is 47.0 Å². The first-order valence-corrected chi connectivity index (χ1v) is 8.89. The summed E-state index contributed by atoms with van der Waals surface area (Å²) in [7, 11) is 1.86. The number of fused-ring (bicyclic) bond motifs is 1. The third-order valence-corrected chi connectivity index (χ3v) is 5.14. The van der Waals surface area contributed by atoms with Crippen LogP contribution in [0, 0.1) is 13.8 Å². The number of rotatable bonds is 4. The molecule has 0 spiro atoms. The van der Waals surface area contributed by atoms with Crippen LogP contribution < -0.4 is 5.32 Å². The van der Waals surface area contributed by atoms with E-state index in [0.717, 1.165) is 54.0 Å². The highest BCUT2D eigenvalue weighted by atomic mass is 16.5. The lowest BCUT2D eigenvalue weighted by molar-refractivity contribution is 0.0933. The van der Waals surface area contributed by atoms with Gasteiger partial charge in [-0.05, 0) is 26.3 Å². The quantitative estimate of drug-likeness (QED) is 0.778. The summed E-state index contributed by atoms with van der Waals surface area (Å²) in [6.07, 6.45) is 0.930. The molecule has 3 aromatic rings. The summed E-state index contributed by atoms with van der Waals surface area (Å²) in [6, 6.07) is 7.93. The van der Waals surface area contributed by atoms with Crippen LogP contribution in [0.15, 0.2) is 28.8 Å². The van der Waals surface area contributed by atoms with Gasteiger partial charge >= 0.3 is 0 Å². The number of nitrogens with zero attached hydrogens (tertiary/aromatic N) is 4. The molecule has 0 saturated carbocycles. The maximum absolute atomic E-state index is 12.7. The first kappa shape index (κ1) is 16.8. The highest BCUT2D eigenvalue weighted by molar-refractivity contribution is 6.04.